The van der Waals surface area contributed by atoms with Crippen molar-refractivity contribution in [3.63, 3.8) is 0 Å². The molecule has 0 radical (unpaired) electrons. The van der Waals surface area contributed by atoms with Gasteiger partial charge in [0.1, 0.15) is 23.8 Å². The summed E-state index contributed by atoms with van der Waals surface area (Å²) in [5, 5.41) is 12.3. The number of anilines is 1. The first-order chi connectivity index (χ1) is 12.2. The third-order valence-corrected chi connectivity index (χ3v) is 4.80. The molecule has 1 N–H and O–H groups in total. The third kappa shape index (κ3) is 3.08. The highest BCUT2D eigenvalue weighted by Crippen LogP contribution is 2.36. The van der Waals surface area contributed by atoms with Gasteiger partial charge in [-0.25, -0.2) is 4.98 Å². The van der Waals surface area contributed by atoms with Crippen molar-refractivity contribution < 1.29 is 13.9 Å². The molecule has 1 spiro atoms. The van der Waals surface area contributed by atoms with Crippen LogP contribution >= 0.6 is 0 Å². The standard InChI is InChI=1S/C18H18N4O3/c19-9-14-2-1-3-16(20-14)21-15-8-18(25-11-15)5-6-22(12-18)17(23)13-4-7-24-10-13/h1-4,7,10,15H,5-6,8,11-12H2,(H,20,21)/t15-,18+/m0/s1. The van der Waals surface area contributed by atoms with E-state index >= 15 is 0 Å². The highest BCUT2D eigenvalue weighted by atomic mass is 16.5. The van der Waals surface area contributed by atoms with E-state index in [0.29, 0.717) is 36.8 Å². The van der Waals surface area contributed by atoms with Crippen molar-refractivity contribution in [3.05, 3.63) is 48.0 Å². The van der Waals surface area contributed by atoms with Gasteiger partial charge in [0, 0.05) is 13.0 Å². The molecule has 2 aromatic heterocycles. The lowest BCUT2D eigenvalue weighted by Gasteiger charge is -2.23. The van der Waals surface area contributed by atoms with Crippen LogP contribution in [0.1, 0.15) is 28.9 Å². The molecule has 0 aliphatic carbocycles. The van der Waals surface area contributed by atoms with Gasteiger partial charge in [0.15, 0.2) is 0 Å². The average Bonchev–Trinajstić information content (AvgIpc) is 3.37. The number of hydrogen-bond donors (Lipinski definition) is 1. The summed E-state index contributed by atoms with van der Waals surface area (Å²) in [6.45, 7) is 1.83. The Morgan fingerprint density at radius 3 is 3.16 bits per heavy atom. The predicted octanol–water partition coefficient (Wildman–Crippen LogP) is 2.03. The zero-order valence-electron chi connectivity index (χ0n) is 13.6. The summed E-state index contributed by atoms with van der Waals surface area (Å²) in [6.07, 6.45) is 4.61. The third-order valence-electron chi connectivity index (χ3n) is 4.80. The SMILES string of the molecule is N#Cc1cccc(N[C@@H]2CO[C@]3(CCN(C(=O)c4ccoc4)C3)C2)n1. The minimum Gasteiger partial charge on any atom is -0.472 e. The Labute approximate surface area is 145 Å². The largest absolute Gasteiger partial charge is 0.472 e. The van der Waals surface area contributed by atoms with Gasteiger partial charge in [-0.2, -0.15) is 5.26 Å². The van der Waals surface area contributed by atoms with Crippen molar-refractivity contribution >= 4 is 11.7 Å². The fourth-order valence-corrected chi connectivity index (χ4v) is 3.59. The lowest BCUT2D eigenvalue weighted by molar-refractivity contribution is 0.0125. The number of furan rings is 1. The van der Waals surface area contributed by atoms with Gasteiger partial charge in [0.2, 0.25) is 0 Å². The molecule has 2 fully saturated rings. The lowest BCUT2D eigenvalue weighted by Crippen LogP contribution is -2.36. The Balaban J connectivity index is 1.39. The Hall–Kier alpha value is -2.85. The molecule has 0 unspecified atom stereocenters. The molecule has 2 aromatic rings. The molecule has 2 atom stereocenters. The van der Waals surface area contributed by atoms with Gasteiger partial charge in [-0.05, 0) is 24.6 Å². The molecule has 2 saturated heterocycles. The molecule has 0 aromatic carbocycles. The number of amides is 1. The van der Waals surface area contributed by atoms with E-state index in [4.69, 9.17) is 14.4 Å². The second-order valence-corrected chi connectivity index (χ2v) is 6.55. The summed E-state index contributed by atoms with van der Waals surface area (Å²) >= 11 is 0. The number of pyridine rings is 1. The van der Waals surface area contributed by atoms with E-state index in [-0.39, 0.29) is 17.6 Å². The van der Waals surface area contributed by atoms with Gasteiger partial charge in [-0.15, -0.1) is 0 Å². The van der Waals surface area contributed by atoms with Gasteiger partial charge in [0.05, 0.1) is 36.6 Å². The van der Waals surface area contributed by atoms with Crippen LogP contribution in [0.3, 0.4) is 0 Å². The Morgan fingerprint density at radius 1 is 1.44 bits per heavy atom. The summed E-state index contributed by atoms with van der Waals surface area (Å²) < 4.78 is 11.1. The summed E-state index contributed by atoms with van der Waals surface area (Å²) in [6, 6.07) is 9.16. The van der Waals surface area contributed by atoms with Crippen LogP contribution < -0.4 is 5.32 Å². The molecule has 128 valence electrons. The van der Waals surface area contributed by atoms with Crippen molar-refractivity contribution in [1.82, 2.24) is 9.88 Å². The van der Waals surface area contributed by atoms with E-state index in [1.165, 1.54) is 12.5 Å². The first-order valence-electron chi connectivity index (χ1n) is 8.27. The second kappa shape index (κ2) is 6.22. The number of carbonyl (C=O) groups excluding carboxylic acids is 1. The second-order valence-electron chi connectivity index (χ2n) is 6.55. The molecule has 7 nitrogen and oxygen atoms in total. The van der Waals surface area contributed by atoms with Crippen LogP contribution in [0, 0.1) is 11.3 Å². The maximum absolute atomic E-state index is 12.4. The molecule has 2 aliphatic heterocycles. The van der Waals surface area contributed by atoms with Crippen molar-refractivity contribution in [3.8, 4) is 6.07 Å². The Bertz CT molecular complexity index is 814. The van der Waals surface area contributed by atoms with Crippen LogP contribution in [0.15, 0.2) is 41.2 Å². The van der Waals surface area contributed by atoms with Crippen molar-refractivity contribution in [2.75, 3.05) is 25.0 Å². The fraction of sp³-hybridized carbons (Fsp3) is 0.389. The Kier molecular flexibility index (Phi) is 3.90. The van der Waals surface area contributed by atoms with Crippen LogP contribution in [0.4, 0.5) is 5.82 Å². The van der Waals surface area contributed by atoms with E-state index in [2.05, 4.69) is 10.3 Å². The highest BCUT2D eigenvalue weighted by molar-refractivity contribution is 5.94. The summed E-state index contributed by atoms with van der Waals surface area (Å²) in [7, 11) is 0. The smallest absolute Gasteiger partial charge is 0.257 e. The van der Waals surface area contributed by atoms with Gasteiger partial charge in [0.25, 0.3) is 5.91 Å². The maximum atomic E-state index is 12.4. The van der Waals surface area contributed by atoms with Crippen LogP contribution in [-0.4, -0.2) is 47.1 Å². The van der Waals surface area contributed by atoms with Crippen molar-refractivity contribution in [2.24, 2.45) is 0 Å². The lowest BCUT2D eigenvalue weighted by atomic mass is 9.97. The van der Waals surface area contributed by atoms with E-state index in [0.717, 1.165) is 12.8 Å². The average molecular weight is 338 g/mol. The Morgan fingerprint density at radius 2 is 2.36 bits per heavy atom. The molecule has 0 bridgehead atoms. The number of rotatable bonds is 3. The van der Waals surface area contributed by atoms with E-state index < -0.39 is 0 Å². The molecular weight excluding hydrogens is 320 g/mol. The van der Waals surface area contributed by atoms with Crippen molar-refractivity contribution in [2.45, 2.75) is 24.5 Å². The number of nitrogens with one attached hydrogen (secondary N) is 1. The molecular formula is C18H18N4O3. The fourth-order valence-electron chi connectivity index (χ4n) is 3.59. The van der Waals surface area contributed by atoms with E-state index in [1.807, 2.05) is 17.0 Å². The number of ether oxygens (including phenoxy) is 1. The molecule has 2 aliphatic rings. The van der Waals surface area contributed by atoms with Gasteiger partial charge >= 0.3 is 0 Å². The molecule has 0 saturated carbocycles. The first kappa shape index (κ1) is 15.7. The molecule has 4 heterocycles. The van der Waals surface area contributed by atoms with E-state index in [1.54, 1.807) is 18.2 Å². The summed E-state index contributed by atoms with van der Waals surface area (Å²) in [5.41, 5.74) is 0.655. The normalized spacial score (nSPS) is 25.2. The number of nitriles is 1. The summed E-state index contributed by atoms with van der Waals surface area (Å²) in [4.78, 5) is 18.5. The number of likely N-dealkylation sites (tertiary alicyclic amines) is 1. The van der Waals surface area contributed by atoms with Gasteiger partial charge in [-0.3, -0.25) is 4.79 Å². The monoisotopic (exact) mass is 338 g/mol. The van der Waals surface area contributed by atoms with E-state index in [9.17, 15) is 4.79 Å². The minimum absolute atomic E-state index is 0.0194. The predicted molar refractivity (Wildman–Crippen MR) is 88.9 cm³/mol. The summed E-state index contributed by atoms with van der Waals surface area (Å²) in [5.74, 6) is 0.656. The number of hydrogen-bond acceptors (Lipinski definition) is 6. The zero-order chi connectivity index (χ0) is 17.3. The number of carbonyl (C=O) groups is 1. The zero-order valence-corrected chi connectivity index (χ0v) is 13.6. The highest BCUT2D eigenvalue weighted by Gasteiger charge is 2.47. The van der Waals surface area contributed by atoms with Crippen LogP contribution in [-0.2, 0) is 4.74 Å². The van der Waals surface area contributed by atoms with Crippen LogP contribution in [0.5, 0.6) is 0 Å². The molecule has 25 heavy (non-hydrogen) atoms. The first-order valence-corrected chi connectivity index (χ1v) is 8.27. The van der Waals surface area contributed by atoms with Crippen LogP contribution in [0.25, 0.3) is 0 Å². The van der Waals surface area contributed by atoms with Gasteiger partial charge in [-0.1, -0.05) is 6.07 Å². The minimum atomic E-state index is -0.302. The quantitative estimate of drug-likeness (QED) is 0.921. The maximum Gasteiger partial charge on any atom is 0.257 e. The topological polar surface area (TPSA) is 91.4 Å². The van der Waals surface area contributed by atoms with Crippen LogP contribution in [0.2, 0.25) is 0 Å². The van der Waals surface area contributed by atoms with Crippen molar-refractivity contribution in [1.29, 1.82) is 5.26 Å². The number of nitrogens with zero attached hydrogens (tertiary/aromatic N) is 3. The molecule has 7 heteroatoms. The van der Waals surface area contributed by atoms with Gasteiger partial charge < -0.3 is 19.4 Å². The molecule has 4 rings (SSSR count). The number of aromatic nitrogens is 1. The molecule has 1 amide bonds.